The van der Waals surface area contributed by atoms with Crippen LogP contribution in [0.2, 0.25) is 0 Å². The van der Waals surface area contributed by atoms with Crippen LogP contribution in [-0.4, -0.2) is 32.6 Å². The molecule has 3 aromatic heterocycles. The van der Waals surface area contributed by atoms with Crippen molar-refractivity contribution in [2.45, 2.75) is 26.3 Å². The van der Waals surface area contributed by atoms with Gasteiger partial charge in [0.2, 0.25) is 5.91 Å². The Hall–Kier alpha value is -3.94. The second kappa shape index (κ2) is 9.05. The summed E-state index contributed by atoms with van der Waals surface area (Å²) < 4.78 is 6.73. The quantitative estimate of drug-likeness (QED) is 0.468. The van der Waals surface area contributed by atoms with E-state index in [0.29, 0.717) is 17.1 Å². The molecule has 0 bridgehead atoms. The number of H-pyrrole nitrogens is 1. The van der Waals surface area contributed by atoms with E-state index >= 15 is 0 Å². The molecular weight excluding hydrogens is 406 g/mol. The fourth-order valence-corrected chi connectivity index (χ4v) is 3.67. The number of nitrogens with zero attached hydrogens (tertiary/aromatic N) is 3. The molecule has 0 aliphatic rings. The highest BCUT2D eigenvalue weighted by molar-refractivity contribution is 5.79. The summed E-state index contributed by atoms with van der Waals surface area (Å²) >= 11 is 0. The molecule has 0 saturated carbocycles. The summed E-state index contributed by atoms with van der Waals surface area (Å²) in [6.07, 6.45) is 3.57. The van der Waals surface area contributed by atoms with Crippen LogP contribution in [0.4, 0.5) is 0 Å². The standard InChI is InChI=1S/C24H25N5O3/c1-15(2)24(27-22(30)11-16-7-4-5-9-20(16)32-3)19-13-23(31)29-21(26-19)12-18(28-29)17-8-6-10-25-14-17/h4-10,12-15,24,28H,11H2,1-3H3,(H,27,30)/t24-/m1/s1. The molecule has 1 atom stereocenters. The van der Waals surface area contributed by atoms with Crippen LogP contribution in [0, 0.1) is 5.92 Å². The highest BCUT2D eigenvalue weighted by atomic mass is 16.5. The van der Waals surface area contributed by atoms with Gasteiger partial charge in [0.1, 0.15) is 5.75 Å². The second-order valence-electron chi connectivity index (χ2n) is 7.90. The normalized spacial score (nSPS) is 12.1. The summed E-state index contributed by atoms with van der Waals surface area (Å²) in [5, 5.41) is 6.10. The molecule has 4 rings (SSSR count). The number of hydrogen-bond acceptors (Lipinski definition) is 5. The molecular formula is C24H25N5O3. The zero-order valence-corrected chi connectivity index (χ0v) is 18.2. The Labute approximate surface area is 185 Å². The number of carbonyl (C=O) groups excluding carboxylic acids is 1. The van der Waals surface area contributed by atoms with Gasteiger partial charge in [-0.25, -0.2) is 9.50 Å². The molecule has 4 aromatic rings. The Kier molecular flexibility index (Phi) is 6.02. The minimum Gasteiger partial charge on any atom is -0.496 e. The third kappa shape index (κ3) is 4.39. The van der Waals surface area contributed by atoms with Crippen molar-refractivity contribution in [1.82, 2.24) is 24.9 Å². The summed E-state index contributed by atoms with van der Waals surface area (Å²) in [5.41, 5.74) is 3.15. The molecule has 1 amide bonds. The van der Waals surface area contributed by atoms with Gasteiger partial charge in [0, 0.05) is 35.7 Å². The number of pyridine rings is 1. The predicted octanol–water partition coefficient (Wildman–Crippen LogP) is 3.15. The summed E-state index contributed by atoms with van der Waals surface area (Å²) in [4.78, 5) is 34.4. The van der Waals surface area contributed by atoms with E-state index in [-0.39, 0.29) is 23.8 Å². The van der Waals surface area contributed by atoms with Gasteiger partial charge >= 0.3 is 0 Å². The molecule has 0 aliphatic heterocycles. The van der Waals surface area contributed by atoms with Crippen molar-refractivity contribution in [3.8, 4) is 17.0 Å². The maximum Gasteiger partial charge on any atom is 0.272 e. The number of benzene rings is 1. The van der Waals surface area contributed by atoms with Crippen LogP contribution in [0.15, 0.2) is 65.7 Å². The van der Waals surface area contributed by atoms with Crippen LogP contribution in [-0.2, 0) is 11.2 Å². The molecule has 32 heavy (non-hydrogen) atoms. The molecule has 8 nitrogen and oxygen atoms in total. The van der Waals surface area contributed by atoms with E-state index < -0.39 is 6.04 Å². The molecule has 164 valence electrons. The first-order valence-electron chi connectivity index (χ1n) is 10.4. The monoisotopic (exact) mass is 431 g/mol. The SMILES string of the molecule is COc1ccccc1CC(=O)N[C@@H](c1cc(=O)n2[nH]c(-c3cccnc3)cc2n1)C(C)C. The summed E-state index contributed by atoms with van der Waals surface area (Å²) in [7, 11) is 1.58. The molecule has 0 unspecified atom stereocenters. The summed E-state index contributed by atoms with van der Waals surface area (Å²) in [5.74, 6) is 0.528. The predicted molar refractivity (Wildman–Crippen MR) is 121 cm³/mol. The first kappa shape index (κ1) is 21.3. The summed E-state index contributed by atoms with van der Waals surface area (Å²) in [6.45, 7) is 3.96. The van der Waals surface area contributed by atoms with Crippen LogP contribution in [0.5, 0.6) is 5.75 Å². The largest absolute Gasteiger partial charge is 0.496 e. The van der Waals surface area contributed by atoms with Crippen molar-refractivity contribution >= 4 is 11.6 Å². The molecule has 2 N–H and O–H groups in total. The van der Waals surface area contributed by atoms with E-state index in [1.165, 1.54) is 10.6 Å². The minimum atomic E-state index is -0.411. The van der Waals surface area contributed by atoms with Crippen LogP contribution >= 0.6 is 0 Å². The van der Waals surface area contributed by atoms with Gasteiger partial charge < -0.3 is 10.1 Å². The van der Waals surface area contributed by atoms with Gasteiger partial charge in [-0.2, -0.15) is 0 Å². The van der Waals surface area contributed by atoms with Crippen molar-refractivity contribution in [2.24, 2.45) is 5.92 Å². The summed E-state index contributed by atoms with van der Waals surface area (Å²) in [6, 6.07) is 14.0. The number of amides is 1. The zero-order chi connectivity index (χ0) is 22.7. The van der Waals surface area contributed by atoms with Crippen molar-refractivity contribution < 1.29 is 9.53 Å². The van der Waals surface area contributed by atoms with Gasteiger partial charge in [-0.15, -0.1) is 0 Å². The van der Waals surface area contributed by atoms with Gasteiger partial charge in [-0.3, -0.25) is 19.7 Å². The molecule has 0 spiro atoms. The number of rotatable bonds is 7. The van der Waals surface area contributed by atoms with Gasteiger partial charge in [-0.1, -0.05) is 32.0 Å². The van der Waals surface area contributed by atoms with E-state index in [9.17, 15) is 9.59 Å². The maximum absolute atomic E-state index is 12.8. The molecule has 3 heterocycles. The number of carbonyl (C=O) groups is 1. The van der Waals surface area contributed by atoms with Gasteiger partial charge in [-0.05, 0) is 24.1 Å². The van der Waals surface area contributed by atoms with Crippen molar-refractivity contribution in [1.29, 1.82) is 0 Å². The fraction of sp³-hybridized carbons (Fsp3) is 0.250. The third-order valence-electron chi connectivity index (χ3n) is 5.29. The Morgan fingerprint density at radius 2 is 2.00 bits per heavy atom. The lowest BCUT2D eigenvalue weighted by Gasteiger charge is -2.22. The van der Waals surface area contributed by atoms with E-state index in [4.69, 9.17) is 4.74 Å². The van der Waals surface area contributed by atoms with Crippen LogP contribution in [0.25, 0.3) is 16.9 Å². The highest BCUT2D eigenvalue weighted by Gasteiger charge is 2.22. The maximum atomic E-state index is 12.8. The van der Waals surface area contributed by atoms with Crippen molar-refractivity contribution in [2.75, 3.05) is 7.11 Å². The topological polar surface area (TPSA) is 101 Å². The number of nitrogens with one attached hydrogen (secondary N) is 2. The smallest absolute Gasteiger partial charge is 0.272 e. The molecule has 8 heteroatoms. The first-order valence-corrected chi connectivity index (χ1v) is 10.4. The van der Waals surface area contributed by atoms with E-state index in [1.54, 1.807) is 25.6 Å². The average molecular weight is 431 g/mol. The molecule has 1 aromatic carbocycles. The third-order valence-corrected chi connectivity index (χ3v) is 5.29. The number of aromatic nitrogens is 4. The average Bonchev–Trinajstić information content (AvgIpc) is 3.23. The Morgan fingerprint density at radius 1 is 1.19 bits per heavy atom. The molecule has 0 aliphatic carbocycles. The zero-order valence-electron chi connectivity index (χ0n) is 18.2. The number of para-hydroxylation sites is 1. The highest BCUT2D eigenvalue weighted by Crippen LogP contribution is 2.23. The molecule has 0 saturated heterocycles. The lowest BCUT2D eigenvalue weighted by atomic mass is 10.00. The number of ether oxygens (including phenoxy) is 1. The lowest BCUT2D eigenvalue weighted by Crippen LogP contribution is -2.34. The van der Waals surface area contributed by atoms with E-state index in [2.05, 4.69) is 20.4 Å². The number of aromatic amines is 1. The Bertz CT molecular complexity index is 1290. The lowest BCUT2D eigenvalue weighted by molar-refractivity contribution is -0.121. The van der Waals surface area contributed by atoms with Crippen molar-refractivity contribution in [3.05, 3.63) is 82.5 Å². The van der Waals surface area contributed by atoms with Crippen molar-refractivity contribution in [3.63, 3.8) is 0 Å². The molecule has 0 fully saturated rings. The van der Waals surface area contributed by atoms with Gasteiger partial charge in [0.05, 0.1) is 31.0 Å². The Balaban J connectivity index is 1.62. The fourth-order valence-electron chi connectivity index (χ4n) is 3.67. The molecule has 0 radical (unpaired) electrons. The van der Waals surface area contributed by atoms with Crippen LogP contribution in [0.1, 0.15) is 31.1 Å². The van der Waals surface area contributed by atoms with E-state index in [0.717, 1.165) is 16.8 Å². The number of hydrogen-bond donors (Lipinski definition) is 2. The van der Waals surface area contributed by atoms with Crippen LogP contribution in [0.3, 0.4) is 0 Å². The Morgan fingerprint density at radius 3 is 2.72 bits per heavy atom. The first-order chi connectivity index (χ1) is 15.5. The second-order valence-corrected chi connectivity index (χ2v) is 7.90. The number of fused-ring (bicyclic) bond motifs is 1. The minimum absolute atomic E-state index is 0.0303. The van der Waals surface area contributed by atoms with Gasteiger partial charge in [0.15, 0.2) is 5.65 Å². The van der Waals surface area contributed by atoms with Crippen LogP contribution < -0.4 is 15.6 Å². The number of methoxy groups -OCH3 is 1. The van der Waals surface area contributed by atoms with Gasteiger partial charge in [0.25, 0.3) is 5.56 Å². The van der Waals surface area contributed by atoms with E-state index in [1.807, 2.05) is 50.2 Å².